The first-order valence-corrected chi connectivity index (χ1v) is 11.3. The molecule has 0 radical (unpaired) electrons. The molecule has 0 aromatic heterocycles. The van der Waals surface area contributed by atoms with Gasteiger partial charge in [0.15, 0.2) is 0 Å². The molecular weight excluding hydrogens is 428 g/mol. The minimum absolute atomic E-state index is 0.0516. The molecule has 4 rings (SSSR count). The molecule has 0 amide bonds. The number of hydrazone groups is 1. The predicted octanol–water partition coefficient (Wildman–Crippen LogP) is 4.95. The second kappa shape index (κ2) is 9.88. The molecule has 0 saturated carbocycles. The molecule has 8 nitrogen and oxygen atoms in total. The van der Waals surface area contributed by atoms with Crippen LogP contribution in [-0.4, -0.2) is 26.8 Å². The van der Waals surface area contributed by atoms with Crippen LogP contribution in [0, 0.1) is 0 Å². The van der Waals surface area contributed by atoms with E-state index in [0.717, 1.165) is 0 Å². The van der Waals surface area contributed by atoms with Crippen LogP contribution in [-0.2, 0) is 9.84 Å². The molecule has 1 aliphatic heterocycles. The quantitative estimate of drug-likeness (QED) is 0.531. The highest BCUT2D eigenvalue weighted by Crippen LogP contribution is 2.28. The lowest BCUT2D eigenvalue weighted by atomic mass is 10.3. The third-order valence-electron chi connectivity index (χ3n) is 4.40. The summed E-state index contributed by atoms with van der Waals surface area (Å²) >= 11 is 0. The van der Waals surface area contributed by atoms with Gasteiger partial charge in [-0.25, -0.2) is 8.42 Å². The fourth-order valence-corrected chi connectivity index (χ4v) is 3.84. The first kappa shape index (κ1) is 21.3. The molecule has 1 N–H and O–H groups in total. The number of anilines is 1. The van der Waals surface area contributed by atoms with Gasteiger partial charge in [0.25, 0.3) is 5.17 Å². The molecule has 162 valence electrons. The lowest BCUT2D eigenvalue weighted by Crippen LogP contribution is -2.14. The number of hydrogen-bond acceptors (Lipinski definition) is 8. The summed E-state index contributed by atoms with van der Waals surface area (Å²) in [5.41, 5.74) is 3.62. The van der Waals surface area contributed by atoms with Gasteiger partial charge in [0.2, 0.25) is 9.84 Å². The maximum atomic E-state index is 13.2. The van der Waals surface area contributed by atoms with Crippen molar-refractivity contribution in [2.45, 2.75) is 4.90 Å². The van der Waals surface area contributed by atoms with Gasteiger partial charge < -0.3 is 9.47 Å². The Morgan fingerprint density at radius 1 is 0.719 bits per heavy atom. The van der Waals surface area contributed by atoms with E-state index in [1.54, 1.807) is 60.7 Å². The molecule has 0 unspecified atom stereocenters. The van der Waals surface area contributed by atoms with Crippen molar-refractivity contribution in [3.8, 4) is 11.5 Å². The normalized spacial score (nSPS) is 16.9. The number of para-hydroxylation sites is 3. The largest absolute Gasteiger partial charge is 0.487 e. The summed E-state index contributed by atoms with van der Waals surface area (Å²) in [6.07, 6.45) is 3.65. The standard InChI is InChI=1S/C23H20N4O4S/c28-32(29,18-10-2-1-3-11-18)23-26-24-19-12-4-6-14-21(19)30-16-8-9-17-31-22-15-7-5-13-20(22)25-27-23/h1-15,24H,16-17H2/b9-8-,26-23+,27-25?. The number of nitrogens with one attached hydrogen (secondary N) is 1. The summed E-state index contributed by atoms with van der Waals surface area (Å²) in [7, 11) is -4.05. The van der Waals surface area contributed by atoms with E-state index in [4.69, 9.17) is 9.47 Å². The van der Waals surface area contributed by atoms with E-state index >= 15 is 0 Å². The van der Waals surface area contributed by atoms with Crippen molar-refractivity contribution < 1.29 is 17.9 Å². The molecule has 1 heterocycles. The molecule has 0 atom stereocenters. The van der Waals surface area contributed by atoms with Gasteiger partial charge in [0.1, 0.15) is 30.4 Å². The maximum Gasteiger partial charge on any atom is 0.289 e. The number of ether oxygens (including phenoxy) is 2. The third-order valence-corrected chi connectivity index (χ3v) is 5.94. The van der Waals surface area contributed by atoms with Gasteiger partial charge in [-0.3, -0.25) is 5.43 Å². The second-order valence-corrected chi connectivity index (χ2v) is 8.42. The van der Waals surface area contributed by atoms with Gasteiger partial charge in [-0.2, -0.15) is 0 Å². The molecule has 9 heteroatoms. The zero-order valence-corrected chi connectivity index (χ0v) is 17.8. The number of amidine groups is 1. The van der Waals surface area contributed by atoms with E-state index in [-0.39, 0.29) is 4.90 Å². The van der Waals surface area contributed by atoms with Gasteiger partial charge in [-0.15, -0.1) is 15.3 Å². The Labute approximate surface area is 185 Å². The Morgan fingerprint density at radius 3 is 2.12 bits per heavy atom. The minimum atomic E-state index is -4.05. The fourth-order valence-electron chi connectivity index (χ4n) is 2.80. The number of nitrogens with zero attached hydrogens (tertiary/aromatic N) is 3. The Kier molecular flexibility index (Phi) is 6.57. The summed E-state index contributed by atoms with van der Waals surface area (Å²) in [6.45, 7) is 0.594. The number of fused-ring (bicyclic) bond motifs is 2. The Bertz CT molecular complexity index is 1270. The predicted molar refractivity (Wildman–Crippen MR) is 122 cm³/mol. The Morgan fingerprint density at radius 2 is 1.34 bits per heavy atom. The van der Waals surface area contributed by atoms with Crippen molar-refractivity contribution in [3.05, 3.63) is 91.0 Å². The number of azo groups is 1. The van der Waals surface area contributed by atoms with Gasteiger partial charge >= 0.3 is 0 Å². The van der Waals surface area contributed by atoms with E-state index in [9.17, 15) is 8.42 Å². The average molecular weight is 449 g/mol. The topological polar surface area (TPSA) is 102 Å². The average Bonchev–Trinajstić information content (AvgIpc) is 2.83. The first-order valence-electron chi connectivity index (χ1n) is 9.79. The molecule has 0 spiro atoms. The van der Waals surface area contributed by atoms with Crippen LogP contribution in [0.25, 0.3) is 0 Å². The van der Waals surface area contributed by atoms with E-state index in [0.29, 0.717) is 36.1 Å². The molecule has 0 aliphatic carbocycles. The highest BCUT2D eigenvalue weighted by atomic mass is 32.2. The number of rotatable bonds is 1. The van der Waals surface area contributed by atoms with Crippen molar-refractivity contribution in [1.29, 1.82) is 0 Å². The van der Waals surface area contributed by atoms with Crippen molar-refractivity contribution in [3.63, 3.8) is 0 Å². The zero-order valence-electron chi connectivity index (χ0n) is 17.0. The Hall–Kier alpha value is -3.98. The number of benzene rings is 3. The molecular formula is C23H20N4O4S. The molecule has 0 saturated heterocycles. The summed E-state index contributed by atoms with van der Waals surface area (Å²) in [4.78, 5) is 0.0516. The van der Waals surface area contributed by atoms with Crippen molar-refractivity contribution >= 4 is 26.4 Å². The summed E-state index contributed by atoms with van der Waals surface area (Å²) in [5, 5.41) is 11.7. The van der Waals surface area contributed by atoms with E-state index in [1.165, 1.54) is 12.1 Å². The molecule has 1 aliphatic rings. The van der Waals surface area contributed by atoms with Crippen LogP contribution < -0.4 is 14.9 Å². The van der Waals surface area contributed by atoms with E-state index < -0.39 is 15.0 Å². The van der Waals surface area contributed by atoms with Crippen molar-refractivity contribution in [2.75, 3.05) is 18.6 Å². The van der Waals surface area contributed by atoms with Crippen LogP contribution in [0.5, 0.6) is 11.5 Å². The maximum absolute atomic E-state index is 13.2. The molecule has 0 bridgehead atoms. The SMILES string of the molecule is O=S(=O)(/C1=N/Nc2ccccc2OC/C=C\COc2ccccc2N=N1)c1ccccc1. The van der Waals surface area contributed by atoms with E-state index in [1.807, 2.05) is 18.2 Å². The van der Waals surface area contributed by atoms with Gasteiger partial charge in [-0.1, -0.05) is 42.5 Å². The summed E-state index contributed by atoms with van der Waals surface area (Å²) in [5.74, 6) is 0.970. The van der Waals surface area contributed by atoms with Crippen LogP contribution in [0.2, 0.25) is 0 Å². The summed E-state index contributed by atoms with van der Waals surface area (Å²) in [6, 6.07) is 22.0. The first-order chi connectivity index (χ1) is 15.6. The summed E-state index contributed by atoms with van der Waals surface area (Å²) < 4.78 is 37.9. The lowest BCUT2D eigenvalue weighted by molar-refractivity contribution is 0.351. The number of hydrogen-bond donors (Lipinski definition) is 1. The third kappa shape index (κ3) is 5.01. The van der Waals surface area contributed by atoms with Crippen LogP contribution in [0.4, 0.5) is 11.4 Å². The van der Waals surface area contributed by atoms with Crippen LogP contribution >= 0.6 is 0 Å². The Balaban J connectivity index is 1.80. The monoisotopic (exact) mass is 448 g/mol. The number of sulfone groups is 1. The van der Waals surface area contributed by atoms with Crippen molar-refractivity contribution in [1.82, 2.24) is 0 Å². The highest BCUT2D eigenvalue weighted by Gasteiger charge is 2.23. The van der Waals surface area contributed by atoms with E-state index in [2.05, 4.69) is 20.8 Å². The molecule has 3 aromatic rings. The van der Waals surface area contributed by atoms with Gasteiger partial charge in [0.05, 0.1) is 10.6 Å². The lowest BCUT2D eigenvalue weighted by Gasteiger charge is -2.10. The van der Waals surface area contributed by atoms with Gasteiger partial charge in [0, 0.05) is 0 Å². The van der Waals surface area contributed by atoms with Crippen molar-refractivity contribution in [2.24, 2.45) is 15.3 Å². The molecule has 3 aromatic carbocycles. The van der Waals surface area contributed by atoms with Gasteiger partial charge in [-0.05, 0) is 48.6 Å². The zero-order chi connectivity index (χ0) is 22.2. The molecule has 0 fully saturated rings. The fraction of sp³-hybridized carbons (Fsp3) is 0.0870. The molecule has 32 heavy (non-hydrogen) atoms. The van der Waals surface area contributed by atoms with Crippen LogP contribution in [0.3, 0.4) is 0 Å². The minimum Gasteiger partial charge on any atom is -0.487 e. The van der Waals surface area contributed by atoms with Crippen LogP contribution in [0.15, 0.2) is 111 Å². The smallest absolute Gasteiger partial charge is 0.289 e. The van der Waals surface area contributed by atoms with Crippen LogP contribution in [0.1, 0.15) is 0 Å². The second-order valence-electron chi connectivity index (χ2n) is 6.58. The highest BCUT2D eigenvalue weighted by molar-refractivity contribution is 8.06.